The number of anilines is 1. The second kappa shape index (κ2) is 9.01. The maximum Gasteiger partial charge on any atom is 0.337 e. The van der Waals surface area contributed by atoms with Crippen molar-refractivity contribution < 1.29 is 18.3 Å². The van der Waals surface area contributed by atoms with E-state index in [1.54, 1.807) is 0 Å². The standard InChI is InChI=1S/C18H26N2O4S/c1-2-11-19-17-9-8-15(13-16(17)18(21)22)25(23,24)20-12-10-14-6-4-3-5-7-14/h6,8-9,13,19-20H,2-5,7,10-12H2,1H3,(H,21,22). The van der Waals surface area contributed by atoms with Gasteiger partial charge in [0.15, 0.2) is 0 Å². The van der Waals surface area contributed by atoms with Crippen molar-refractivity contribution in [2.75, 3.05) is 18.4 Å². The smallest absolute Gasteiger partial charge is 0.337 e. The molecule has 0 saturated heterocycles. The maximum absolute atomic E-state index is 12.4. The quantitative estimate of drug-likeness (QED) is 0.582. The monoisotopic (exact) mass is 366 g/mol. The van der Waals surface area contributed by atoms with Gasteiger partial charge in [0, 0.05) is 18.8 Å². The van der Waals surface area contributed by atoms with Gasteiger partial charge in [-0.25, -0.2) is 17.9 Å². The minimum absolute atomic E-state index is 0.0235. The zero-order valence-electron chi connectivity index (χ0n) is 14.5. The lowest BCUT2D eigenvalue weighted by Gasteiger charge is -2.14. The molecule has 2 rings (SSSR count). The van der Waals surface area contributed by atoms with Gasteiger partial charge in [0.1, 0.15) is 0 Å². The van der Waals surface area contributed by atoms with Crippen LogP contribution >= 0.6 is 0 Å². The molecule has 1 aromatic rings. The number of hydrogen-bond donors (Lipinski definition) is 3. The molecule has 7 heteroatoms. The Hall–Kier alpha value is -1.86. The van der Waals surface area contributed by atoms with Crippen molar-refractivity contribution in [3.63, 3.8) is 0 Å². The van der Waals surface area contributed by atoms with E-state index in [1.807, 2.05) is 6.92 Å². The van der Waals surface area contributed by atoms with Crippen molar-refractivity contribution in [1.29, 1.82) is 0 Å². The highest BCUT2D eigenvalue weighted by molar-refractivity contribution is 7.89. The van der Waals surface area contributed by atoms with Crippen LogP contribution in [0.1, 0.15) is 55.8 Å². The van der Waals surface area contributed by atoms with E-state index in [0.717, 1.165) is 25.7 Å². The van der Waals surface area contributed by atoms with Crippen LogP contribution in [0.15, 0.2) is 34.7 Å². The highest BCUT2D eigenvalue weighted by atomic mass is 32.2. The van der Waals surface area contributed by atoms with Gasteiger partial charge in [0.25, 0.3) is 0 Å². The predicted octanol–water partition coefficient (Wildman–Crippen LogP) is 3.38. The lowest BCUT2D eigenvalue weighted by Crippen LogP contribution is -2.25. The first-order valence-electron chi connectivity index (χ1n) is 8.73. The summed E-state index contributed by atoms with van der Waals surface area (Å²) in [4.78, 5) is 11.4. The third-order valence-electron chi connectivity index (χ3n) is 4.22. The Morgan fingerprint density at radius 1 is 1.24 bits per heavy atom. The molecule has 138 valence electrons. The Morgan fingerprint density at radius 3 is 2.68 bits per heavy atom. The molecular weight excluding hydrogens is 340 g/mol. The number of allylic oxidation sites excluding steroid dienone is 1. The first kappa shape index (κ1) is 19.5. The van der Waals surface area contributed by atoms with Crippen LogP contribution in [0.5, 0.6) is 0 Å². The maximum atomic E-state index is 12.4. The lowest BCUT2D eigenvalue weighted by molar-refractivity contribution is 0.0697. The molecule has 0 aliphatic heterocycles. The summed E-state index contributed by atoms with van der Waals surface area (Å²) in [6.45, 7) is 2.92. The summed E-state index contributed by atoms with van der Waals surface area (Å²) in [5.41, 5.74) is 1.69. The number of rotatable bonds is 9. The van der Waals surface area contributed by atoms with Crippen molar-refractivity contribution in [2.24, 2.45) is 0 Å². The summed E-state index contributed by atoms with van der Waals surface area (Å²) < 4.78 is 27.4. The van der Waals surface area contributed by atoms with E-state index in [9.17, 15) is 18.3 Å². The van der Waals surface area contributed by atoms with Crippen LogP contribution in [0.3, 0.4) is 0 Å². The van der Waals surface area contributed by atoms with Crippen LogP contribution in [0.25, 0.3) is 0 Å². The number of sulfonamides is 1. The van der Waals surface area contributed by atoms with E-state index in [1.165, 1.54) is 30.2 Å². The first-order chi connectivity index (χ1) is 11.9. The SMILES string of the molecule is CCCNc1ccc(S(=O)(=O)NCCC2=CCCCC2)cc1C(=O)O. The fourth-order valence-electron chi connectivity index (χ4n) is 2.84. The largest absolute Gasteiger partial charge is 0.478 e. The summed E-state index contributed by atoms with van der Waals surface area (Å²) in [6, 6.07) is 4.16. The van der Waals surface area contributed by atoms with E-state index >= 15 is 0 Å². The molecule has 0 fully saturated rings. The predicted molar refractivity (Wildman–Crippen MR) is 98.5 cm³/mol. The molecule has 0 atom stereocenters. The summed E-state index contributed by atoms with van der Waals surface area (Å²) in [6.07, 6.45) is 8.18. The topological polar surface area (TPSA) is 95.5 Å². The molecule has 0 unspecified atom stereocenters. The molecule has 0 bridgehead atoms. The lowest BCUT2D eigenvalue weighted by atomic mass is 9.97. The molecule has 0 spiro atoms. The van der Waals surface area contributed by atoms with E-state index in [2.05, 4.69) is 16.1 Å². The zero-order chi connectivity index (χ0) is 18.3. The molecule has 6 nitrogen and oxygen atoms in total. The number of aromatic carboxylic acids is 1. The second-order valence-corrected chi connectivity index (χ2v) is 7.96. The van der Waals surface area contributed by atoms with Gasteiger partial charge < -0.3 is 10.4 Å². The van der Waals surface area contributed by atoms with Gasteiger partial charge in [-0.3, -0.25) is 0 Å². The van der Waals surface area contributed by atoms with Gasteiger partial charge in [-0.05, 0) is 56.7 Å². The van der Waals surface area contributed by atoms with E-state index in [0.29, 0.717) is 25.2 Å². The Morgan fingerprint density at radius 2 is 2.04 bits per heavy atom. The fourth-order valence-corrected chi connectivity index (χ4v) is 3.90. The number of carboxylic acids is 1. The van der Waals surface area contributed by atoms with Gasteiger partial charge in [-0.2, -0.15) is 0 Å². The van der Waals surface area contributed by atoms with Crippen molar-refractivity contribution in [3.05, 3.63) is 35.4 Å². The van der Waals surface area contributed by atoms with E-state index in [4.69, 9.17) is 0 Å². The number of carbonyl (C=O) groups is 1. The Kier molecular flexibility index (Phi) is 7.01. The number of benzene rings is 1. The highest BCUT2D eigenvalue weighted by Crippen LogP contribution is 2.22. The molecule has 1 aromatic carbocycles. The minimum atomic E-state index is -3.72. The van der Waals surface area contributed by atoms with Crippen molar-refractivity contribution >= 4 is 21.7 Å². The molecule has 1 aliphatic carbocycles. The summed E-state index contributed by atoms with van der Waals surface area (Å²) in [7, 11) is -3.72. The zero-order valence-corrected chi connectivity index (χ0v) is 15.4. The second-order valence-electron chi connectivity index (χ2n) is 6.20. The summed E-state index contributed by atoms with van der Waals surface area (Å²) >= 11 is 0. The summed E-state index contributed by atoms with van der Waals surface area (Å²) in [5.74, 6) is -1.15. The summed E-state index contributed by atoms with van der Waals surface area (Å²) in [5, 5.41) is 12.3. The molecular formula is C18H26N2O4S. The van der Waals surface area contributed by atoms with Crippen molar-refractivity contribution in [2.45, 2.75) is 50.3 Å². The van der Waals surface area contributed by atoms with E-state index < -0.39 is 16.0 Å². The number of nitrogens with one attached hydrogen (secondary N) is 2. The van der Waals surface area contributed by atoms with Crippen LogP contribution in [-0.4, -0.2) is 32.6 Å². The number of carboxylic acid groups (broad SMARTS) is 1. The first-order valence-corrected chi connectivity index (χ1v) is 10.2. The third kappa shape index (κ3) is 5.57. The van der Waals surface area contributed by atoms with Crippen molar-refractivity contribution in [3.8, 4) is 0 Å². The minimum Gasteiger partial charge on any atom is -0.478 e. The average Bonchev–Trinajstić information content (AvgIpc) is 2.60. The molecule has 1 aliphatic rings. The Bertz CT molecular complexity index is 741. The molecule has 3 N–H and O–H groups in total. The van der Waals surface area contributed by atoms with Crippen LogP contribution in [0.2, 0.25) is 0 Å². The molecule has 0 radical (unpaired) electrons. The fraction of sp³-hybridized carbons (Fsp3) is 0.500. The molecule has 25 heavy (non-hydrogen) atoms. The Labute approximate surface area is 149 Å². The van der Waals surface area contributed by atoms with E-state index in [-0.39, 0.29) is 10.5 Å². The average molecular weight is 366 g/mol. The van der Waals surface area contributed by atoms with Crippen LogP contribution in [0, 0.1) is 0 Å². The molecule has 0 heterocycles. The van der Waals surface area contributed by atoms with Gasteiger partial charge in [-0.1, -0.05) is 18.6 Å². The van der Waals surface area contributed by atoms with Crippen LogP contribution < -0.4 is 10.0 Å². The van der Waals surface area contributed by atoms with Gasteiger partial charge in [0.05, 0.1) is 10.5 Å². The molecule has 0 amide bonds. The normalized spacial score (nSPS) is 14.8. The van der Waals surface area contributed by atoms with Crippen LogP contribution in [-0.2, 0) is 10.0 Å². The van der Waals surface area contributed by atoms with Crippen molar-refractivity contribution in [1.82, 2.24) is 4.72 Å². The van der Waals surface area contributed by atoms with Gasteiger partial charge in [-0.15, -0.1) is 0 Å². The van der Waals surface area contributed by atoms with Gasteiger partial charge >= 0.3 is 5.97 Å². The molecule has 0 saturated carbocycles. The van der Waals surface area contributed by atoms with Crippen LogP contribution in [0.4, 0.5) is 5.69 Å². The third-order valence-corrected chi connectivity index (χ3v) is 5.68. The van der Waals surface area contributed by atoms with Gasteiger partial charge in [0.2, 0.25) is 10.0 Å². The molecule has 0 aromatic heterocycles. The Balaban J connectivity index is 2.08. The number of hydrogen-bond acceptors (Lipinski definition) is 4. The highest BCUT2D eigenvalue weighted by Gasteiger charge is 2.19.